The molecule has 0 spiro atoms. The summed E-state index contributed by atoms with van der Waals surface area (Å²) in [5, 5.41) is 0. The Hall–Kier alpha value is -1.51. The zero-order valence-electron chi connectivity index (χ0n) is 13.0. The van der Waals surface area contributed by atoms with E-state index in [-0.39, 0.29) is 5.78 Å². The van der Waals surface area contributed by atoms with Crippen molar-refractivity contribution in [1.29, 1.82) is 0 Å². The lowest BCUT2D eigenvalue weighted by molar-refractivity contribution is 0.0574. The average molecular weight is 290 g/mol. The molecule has 2 aromatic rings. The van der Waals surface area contributed by atoms with Gasteiger partial charge in [0.1, 0.15) is 0 Å². The SMILES string of the molecule is CCCCCCCCCCCC(=O)c1cccc2ooc12. The Balaban J connectivity index is 1.56. The van der Waals surface area contributed by atoms with Gasteiger partial charge in [-0.25, -0.2) is 0 Å². The van der Waals surface area contributed by atoms with Gasteiger partial charge in [-0.15, -0.1) is 0 Å². The number of unbranched alkanes of at least 4 members (excludes halogenated alkanes) is 8. The summed E-state index contributed by atoms with van der Waals surface area (Å²) in [7, 11) is 0. The van der Waals surface area contributed by atoms with E-state index >= 15 is 0 Å². The molecule has 0 unspecified atom stereocenters. The molecule has 2 rings (SSSR count). The predicted octanol–water partition coefficient (Wildman–Crippen LogP) is 6.13. The number of para-hydroxylation sites is 1. The van der Waals surface area contributed by atoms with Crippen LogP contribution < -0.4 is 0 Å². The maximum Gasteiger partial charge on any atom is 0.236 e. The maximum absolute atomic E-state index is 12.1. The first-order chi connectivity index (χ1) is 10.3. The second-order valence-electron chi connectivity index (χ2n) is 5.80. The van der Waals surface area contributed by atoms with Crippen molar-refractivity contribution in [2.75, 3.05) is 0 Å². The van der Waals surface area contributed by atoms with Crippen LogP contribution in [0.25, 0.3) is 11.2 Å². The number of hydrogen-bond donors (Lipinski definition) is 0. The second-order valence-corrected chi connectivity index (χ2v) is 5.80. The maximum atomic E-state index is 12.1. The van der Waals surface area contributed by atoms with Crippen molar-refractivity contribution in [3.05, 3.63) is 23.8 Å². The molecule has 1 aromatic carbocycles. The second kappa shape index (κ2) is 8.71. The lowest BCUT2D eigenvalue weighted by Crippen LogP contribution is -2.00. The van der Waals surface area contributed by atoms with Crippen LogP contribution in [-0.2, 0) is 0 Å². The Bertz CT molecular complexity index is 535. The molecule has 1 heterocycles. The molecule has 0 bridgehead atoms. The van der Waals surface area contributed by atoms with E-state index < -0.39 is 0 Å². The van der Waals surface area contributed by atoms with Crippen molar-refractivity contribution in [2.24, 2.45) is 0 Å². The third kappa shape index (κ3) is 4.76. The standard InChI is InChI=1S/C18H26O3/c1-2-3-4-5-6-7-8-9-10-13-16(19)15-12-11-14-17-18(15)21-20-17/h11-12,14H,2-10,13H2,1H3. The zero-order chi connectivity index (χ0) is 14.9. The van der Waals surface area contributed by atoms with E-state index in [1.165, 1.54) is 44.9 Å². The molecule has 0 saturated carbocycles. The highest BCUT2D eigenvalue weighted by Gasteiger charge is 2.15. The summed E-state index contributed by atoms with van der Waals surface area (Å²) in [6, 6.07) is 5.47. The van der Waals surface area contributed by atoms with Crippen LogP contribution in [-0.4, -0.2) is 5.78 Å². The minimum absolute atomic E-state index is 0.165. The van der Waals surface area contributed by atoms with Gasteiger partial charge in [-0.05, 0) is 18.6 Å². The highest BCUT2D eigenvalue weighted by atomic mass is 17.0. The fraction of sp³-hybridized carbons (Fsp3) is 0.611. The molecule has 116 valence electrons. The number of carbonyl (C=O) groups excluding carboxylic acids is 1. The quantitative estimate of drug-likeness (QED) is 0.284. The third-order valence-electron chi connectivity index (χ3n) is 4.00. The van der Waals surface area contributed by atoms with Crippen LogP contribution in [0.5, 0.6) is 0 Å². The molecule has 0 atom stereocenters. The average Bonchev–Trinajstić information content (AvgIpc) is 2.46. The van der Waals surface area contributed by atoms with Crippen LogP contribution in [0.2, 0.25) is 0 Å². The summed E-state index contributed by atoms with van der Waals surface area (Å²) in [4.78, 5) is 12.1. The molecule has 0 radical (unpaired) electrons. The van der Waals surface area contributed by atoms with Crippen molar-refractivity contribution in [3.63, 3.8) is 0 Å². The van der Waals surface area contributed by atoms with E-state index in [0.29, 0.717) is 23.2 Å². The molecule has 0 saturated heterocycles. The van der Waals surface area contributed by atoms with Gasteiger partial charge in [0.25, 0.3) is 0 Å². The molecule has 0 N–H and O–H groups in total. The first kappa shape index (κ1) is 15.9. The molecule has 0 amide bonds. The van der Waals surface area contributed by atoms with Gasteiger partial charge >= 0.3 is 0 Å². The van der Waals surface area contributed by atoms with Gasteiger partial charge < -0.3 is 0 Å². The summed E-state index contributed by atoms with van der Waals surface area (Å²) in [6.07, 6.45) is 12.0. The van der Waals surface area contributed by atoms with E-state index in [4.69, 9.17) is 9.15 Å². The van der Waals surface area contributed by atoms with E-state index in [1.807, 2.05) is 18.2 Å². The van der Waals surface area contributed by atoms with Gasteiger partial charge in [-0.1, -0.05) is 64.4 Å². The number of Topliss-reactive ketones (excluding diaryl/α,β-unsaturated/α-hetero) is 1. The minimum Gasteiger partial charge on any atom is -0.294 e. The van der Waals surface area contributed by atoms with Gasteiger partial charge in [-0.3, -0.25) is 13.9 Å². The van der Waals surface area contributed by atoms with Crippen LogP contribution in [0.15, 0.2) is 27.4 Å². The molecule has 1 aromatic heterocycles. The van der Waals surface area contributed by atoms with E-state index in [1.54, 1.807) is 0 Å². The van der Waals surface area contributed by atoms with Gasteiger partial charge in [0.05, 0.1) is 5.56 Å². The topological polar surface area (TPSA) is 43.4 Å². The van der Waals surface area contributed by atoms with Crippen LogP contribution in [0, 0.1) is 0 Å². The van der Waals surface area contributed by atoms with Crippen molar-refractivity contribution < 1.29 is 13.9 Å². The van der Waals surface area contributed by atoms with Crippen molar-refractivity contribution in [3.8, 4) is 0 Å². The Morgan fingerprint density at radius 3 is 2.19 bits per heavy atom. The largest absolute Gasteiger partial charge is 0.294 e. The van der Waals surface area contributed by atoms with Crippen molar-refractivity contribution in [2.45, 2.75) is 71.1 Å². The zero-order valence-corrected chi connectivity index (χ0v) is 13.0. The van der Waals surface area contributed by atoms with Gasteiger partial charge in [0, 0.05) is 6.42 Å². The summed E-state index contributed by atoms with van der Waals surface area (Å²) in [5.74, 6) is 0.165. The summed E-state index contributed by atoms with van der Waals surface area (Å²) >= 11 is 0. The number of benzene rings is 1. The summed E-state index contributed by atoms with van der Waals surface area (Å²) in [5.41, 5.74) is 1.95. The Kier molecular flexibility index (Phi) is 6.58. The molecule has 0 aliphatic heterocycles. The molecule has 0 fully saturated rings. The molecule has 3 heteroatoms. The number of carbonyl (C=O) groups is 1. The van der Waals surface area contributed by atoms with Gasteiger partial charge in [-0.2, -0.15) is 0 Å². The van der Waals surface area contributed by atoms with Crippen molar-refractivity contribution in [1.82, 2.24) is 0 Å². The van der Waals surface area contributed by atoms with E-state index in [2.05, 4.69) is 6.92 Å². The molecule has 0 aliphatic rings. The fourth-order valence-corrected chi connectivity index (χ4v) is 2.67. The molecule has 0 aliphatic carbocycles. The van der Waals surface area contributed by atoms with Crippen LogP contribution in [0.4, 0.5) is 0 Å². The van der Waals surface area contributed by atoms with Crippen LogP contribution in [0.3, 0.4) is 0 Å². The van der Waals surface area contributed by atoms with E-state index in [0.717, 1.165) is 12.8 Å². The van der Waals surface area contributed by atoms with Gasteiger partial charge in [0.15, 0.2) is 5.78 Å². The number of rotatable bonds is 11. The number of fused-ring (bicyclic) bond motifs is 1. The molecule has 21 heavy (non-hydrogen) atoms. The third-order valence-corrected chi connectivity index (χ3v) is 4.00. The Labute approximate surface area is 126 Å². The molecular formula is C18H26O3. The van der Waals surface area contributed by atoms with Gasteiger partial charge in [0.2, 0.25) is 11.2 Å². The minimum atomic E-state index is 0.165. The Morgan fingerprint density at radius 1 is 0.905 bits per heavy atom. The molecular weight excluding hydrogens is 264 g/mol. The first-order valence-corrected chi connectivity index (χ1v) is 8.33. The van der Waals surface area contributed by atoms with Crippen LogP contribution in [0.1, 0.15) is 81.5 Å². The summed E-state index contributed by atoms with van der Waals surface area (Å²) < 4.78 is 9.71. The normalized spacial score (nSPS) is 11.3. The van der Waals surface area contributed by atoms with Crippen molar-refractivity contribution >= 4 is 16.9 Å². The number of ketones is 1. The predicted molar refractivity (Wildman–Crippen MR) is 84.7 cm³/mol. The lowest BCUT2D eigenvalue weighted by Gasteiger charge is -2.05. The monoisotopic (exact) mass is 290 g/mol. The summed E-state index contributed by atoms with van der Waals surface area (Å²) in [6.45, 7) is 2.24. The number of hydrogen-bond acceptors (Lipinski definition) is 3. The van der Waals surface area contributed by atoms with Crippen LogP contribution >= 0.6 is 0 Å². The smallest absolute Gasteiger partial charge is 0.236 e. The highest BCUT2D eigenvalue weighted by Crippen LogP contribution is 2.24. The van der Waals surface area contributed by atoms with E-state index in [9.17, 15) is 4.79 Å². The lowest BCUT2D eigenvalue weighted by atomic mass is 10.0. The molecule has 3 nitrogen and oxygen atoms in total. The highest BCUT2D eigenvalue weighted by molar-refractivity contribution is 6.05. The first-order valence-electron chi connectivity index (χ1n) is 8.33. The fourth-order valence-electron chi connectivity index (χ4n) is 2.67. The Morgan fingerprint density at radius 2 is 1.57 bits per heavy atom.